The molecule has 0 bridgehead atoms. The summed E-state index contributed by atoms with van der Waals surface area (Å²) < 4.78 is 31.7. The number of carboxylic acids is 1. The first kappa shape index (κ1) is 36.4. The first-order valence-corrected chi connectivity index (χ1v) is 16.7. The van der Waals surface area contributed by atoms with E-state index in [0.717, 1.165) is 0 Å². The molecule has 0 atom stereocenters. The van der Waals surface area contributed by atoms with E-state index in [2.05, 4.69) is 182 Å². The smallest absolute Gasteiger partial charge is 0.475 e. The highest BCUT2D eigenvalue weighted by molar-refractivity contribution is 8.93. The van der Waals surface area contributed by atoms with Crippen molar-refractivity contribution in [3.8, 4) is 0 Å². The highest BCUT2D eigenvalue weighted by atomic mass is 79.9. The maximum absolute atomic E-state index is 10.6. The number of benzene rings is 6. The van der Waals surface area contributed by atoms with Crippen LogP contribution in [-0.2, 0) is 4.79 Å². The molecular weight excluding hydrogens is 687 g/mol. The van der Waals surface area contributed by atoms with Crippen LogP contribution in [0.3, 0.4) is 0 Å². The van der Waals surface area contributed by atoms with Crippen LogP contribution < -0.4 is 31.8 Å². The number of hydrogen-bond donors (Lipinski definition) is 1. The minimum Gasteiger partial charge on any atom is -0.475 e. The van der Waals surface area contributed by atoms with Crippen molar-refractivity contribution in [2.24, 2.45) is 0 Å². The zero-order valence-electron chi connectivity index (χ0n) is 24.6. The van der Waals surface area contributed by atoms with Gasteiger partial charge in [0.25, 0.3) is 0 Å². The van der Waals surface area contributed by atoms with Crippen LogP contribution in [-0.4, -0.2) is 17.3 Å². The molecule has 0 fully saturated rings. The number of alkyl halides is 3. The molecule has 46 heavy (non-hydrogen) atoms. The number of carbonyl (C=O) groups is 1. The second kappa shape index (κ2) is 18.8. The Bertz CT molecular complexity index is 1390. The van der Waals surface area contributed by atoms with E-state index in [1.165, 1.54) is 31.8 Å². The Balaban J connectivity index is 0.000000205. The Morgan fingerprint density at radius 3 is 0.630 bits per heavy atom. The summed E-state index contributed by atoms with van der Waals surface area (Å²) in [4.78, 5) is 8.90. The highest BCUT2D eigenvalue weighted by Gasteiger charge is 2.38. The summed E-state index contributed by atoms with van der Waals surface area (Å²) in [6.07, 6.45) is -5.08. The normalized spacial score (nSPS) is 10.5. The number of rotatable bonds is 6. The van der Waals surface area contributed by atoms with Gasteiger partial charge in [0.1, 0.15) is 0 Å². The van der Waals surface area contributed by atoms with Crippen LogP contribution in [0.2, 0.25) is 0 Å². The third kappa shape index (κ3) is 11.1. The van der Waals surface area contributed by atoms with E-state index in [1.54, 1.807) is 0 Å². The first-order valence-electron chi connectivity index (χ1n) is 14.1. The zero-order chi connectivity index (χ0) is 31.9. The Morgan fingerprint density at radius 2 is 0.522 bits per heavy atom. The molecule has 0 amide bonds. The van der Waals surface area contributed by atoms with E-state index >= 15 is 0 Å². The molecule has 0 unspecified atom stereocenters. The molecular formula is C38H32BrF3O2P2. The molecule has 1 N–H and O–H groups in total. The minimum absolute atomic E-state index is 0. The Labute approximate surface area is 280 Å². The van der Waals surface area contributed by atoms with Gasteiger partial charge in [0.15, 0.2) is 0 Å². The molecule has 2 nitrogen and oxygen atoms in total. The fourth-order valence-corrected chi connectivity index (χ4v) is 8.97. The monoisotopic (exact) mass is 718 g/mol. The van der Waals surface area contributed by atoms with E-state index in [0.29, 0.717) is 0 Å². The Kier molecular flexibility index (Phi) is 14.9. The topological polar surface area (TPSA) is 37.3 Å². The predicted octanol–water partition coefficient (Wildman–Crippen LogP) is 8.10. The van der Waals surface area contributed by atoms with Crippen molar-refractivity contribution in [3.63, 3.8) is 0 Å². The van der Waals surface area contributed by atoms with Gasteiger partial charge in [-0.1, -0.05) is 182 Å². The van der Waals surface area contributed by atoms with E-state index in [4.69, 9.17) is 9.90 Å². The van der Waals surface area contributed by atoms with Gasteiger partial charge in [-0.05, 0) is 47.7 Å². The average molecular weight is 720 g/mol. The Hall–Kier alpha value is -4.08. The number of hydrogen-bond acceptors (Lipinski definition) is 1. The van der Waals surface area contributed by atoms with Crippen molar-refractivity contribution < 1.29 is 23.1 Å². The van der Waals surface area contributed by atoms with Crippen molar-refractivity contribution >= 4 is 70.6 Å². The van der Waals surface area contributed by atoms with Gasteiger partial charge in [-0.2, -0.15) is 13.2 Å². The van der Waals surface area contributed by atoms with Gasteiger partial charge in [0, 0.05) is 0 Å². The number of halogens is 4. The molecule has 0 heterocycles. The number of carboxylic acid groups (broad SMARTS) is 1. The molecule has 6 rings (SSSR count). The molecule has 8 heteroatoms. The van der Waals surface area contributed by atoms with E-state index in [-0.39, 0.29) is 17.0 Å². The van der Waals surface area contributed by atoms with Crippen molar-refractivity contribution in [2.45, 2.75) is 6.18 Å². The molecule has 0 aromatic heterocycles. The van der Waals surface area contributed by atoms with Gasteiger partial charge in [-0.15, -0.1) is 17.0 Å². The van der Waals surface area contributed by atoms with Gasteiger partial charge in [-0.25, -0.2) is 4.79 Å². The summed E-state index contributed by atoms with van der Waals surface area (Å²) in [5.74, 6) is -2.76. The SMILES string of the molecule is Br.O=C(O)C(F)(F)F.c1ccc(P(c2ccccc2)c2ccccc2)cc1.c1ccc(P(c2ccccc2)c2ccccc2)cc1. The van der Waals surface area contributed by atoms with Crippen molar-refractivity contribution in [3.05, 3.63) is 182 Å². The largest absolute Gasteiger partial charge is 0.490 e. The van der Waals surface area contributed by atoms with Gasteiger partial charge < -0.3 is 5.11 Å². The molecule has 6 aromatic rings. The van der Waals surface area contributed by atoms with Crippen molar-refractivity contribution in [1.29, 1.82) is 0 Å². The second-order valence-electron chi connectivity index (χ2n) is 9.49. The molecule has 0 saturated heterocycles. The van der Waals surface area contributed by atoms with E-state index in [9.17, 15) is 13.2 Å². The van der Waals surface area contributed by atoms with Crippen molar-refractivity contribution in [1.82, 2.24) is 0 Å². The van der Waals surface area contributed by atoms with Crippen LogP contribution in [0.1, 0.15) is 0 Å². The molecule has 6 aromatic carbocycles. The third-order valence-corrected chi connectivity index (χ3v) is 11.2. The van der Waals surface area contributed by atoms with E-state index < -0.39 is 28.0 Å². The van der Waals surface area contributed by atoms with Crippen LogP contribution in [0.4, 0.5) is 13.2 Å². The van der Waals surface area contributed by atoms with Crippen LogP contribution in [0.5, 0.6) is 0 Å². The summed E-state index contributed by atoms with van der Waals surface area (Å²) in [7, 11) is -0.892. The maximum Gasteiger partial charge on any atom is 0.490 e. The maximum atomic E-state index is 10.6. The molecule has 0 aliphatic carbocycles. The van der Waals surface area contributed by atoms with Crippen LogP contribution in [0.25, 0.3) is 0 Å². The standard InChI is InChI=1S/2C18H15P.C2HF3O2.BrH/c2*1-4-10-16(11-5-1)19(17-12-6-2-7-13-17)18-14-8-3-9-15-18;3-2(4,5)1(6)7;/h2*1-15H;(H,6,7);1H. The first-order chi connectivity index (χ1) is 21.8. The molecule has 234 valence electrons. The van der Waals surface area contributed by atoms with Crippen LogP contribution in [0.15, 0.2) is 182 Å². The number of aliphatic carboxylic acids is 1. The highest BCUT2D eigenvalue weighted by Crippen LogP contribution is 2.33. The lowest BCUT2D eigenvalue weighted by Crippen LogP contribution is -2.21. The lowest BCUT2D eigenvalue weighted by Gasteiger charge is -2.18. The summed E-state index contributed by atoms with van der Waals surface area (Å²) in [5.41, 5.74) is 0. The molecule has 0 aliphatic heterocycles. The predicted molar refractivity (Wildman–Crippen MR) is 194 cm³/mol. The summed E-state index contributed by atoms with van der Waals surface area (Å²) in [5, 5.41) is 15.5. The summed E-state index contributed by atoms with van der Waals surface area (Å²) in [6.45, 7) is 0. The average Bonchev–Trinajstić information content (AvgIpc) is 3.08. The summed E-state index contributed by atoms with van der Waals surface area (Å²) in [6, 6.07) is 64.7. The second-order valence-corrected chi connectivity index (χ2v) is 13.9. The van der Waals surface area contributed by atoms with Gasteiger partial charge in [0.05, 0.1) is 0 Å². The molecule has 0 aliphatic rings. The summed E-state index contributed by atoms with van der Waals surface area (Å²) >= 11 is 0. The quantitative estimate of drug-likeness (QED) is 0.177. The van der Waals surface area contributed by atoms with Crippen LogP contribution >= 0.6 is 32.8 Å². The van der Waals surface area contributed by atoms with Gasteiger partial charge in [-0.3, -0.25) is 0 Å². The lowest BCUT2D eigenvalue weighted by atomic mass is 10.4. The van der Waals surface area contributed by atoms with Gasteiger partial charge >= 0.3 is 12.1 Å². The molecule has 0 saturated carbocycles. The third-order valence-electron chi connectivity index (χ3n) is 6.33. The van der Waals surface area contributed by atoms with Gasteiger partial charge in [0.2, 0.25) is 0 Å². The molecule has 0 spiro atoms. The van der Waals surface area contributed by atoms with Crippen LogP contribution in [0, 0.1) is 0 Å². The van der Waals surface area contributed by atoms with E-state index in [1.807, 2.05) is 0 Å². The fraction of sp³-hybridized carbons (Fsp3) is 0.0263. The van der Waals surface area contributed by atoms with Crippen molar-refractivity contribution in [2.75, 3.05) is 0 Å². The zero-order valence-corrected chi connectivity index (χ0v) is 28.1. The lowest BCUT2D eigenvalue weighted by molar-refractivity contribution is -0.192. The fourth-order valence-electron chi connectivity index (χ4n) is 4.36. The Morgan fingerprint density at radius 1 is 0.391 bits per heavy atom. The molecule has 0 radical (unpaired) electrons. The minimum atomic E-state index is -5.08.